The quantitative estimate of drug-likeness (QED) is 0.704. The maximum Gasteiger partial charge on any atom is 0.319 e. The summed E-state index contributed by atoms with van der Waals surface area (Å²) in [6.45, 7) is 0.441. The molecule has 3 rings (SSSR count). The summed E-state index contributed by atoms with van der Waals surface area (Å²) < 4.78 is 9.82. The number of amides is 2. The van der Waals surface area contributed by atoms with Crippen LogP contribution < -0.4 is 10.6 Å². The van der Waals surface area contributed by atoms with Gasteiger partial charge >= 0.3 is 6.03 Å². The number of benzene rings is 1. The van der Waals surface area contributed by atoms with Gasteiger partial charge in [-0.15, -0.1) is 0 Å². The Morgan fingerprint density at radius 2 is 2.04 bits per heavy atom. The Morgan fingerprint density at radius 1 is 1.24 bits per heavy atom. The van der Waals surface area contributed by atoms with Gasteiger partial charge in [-0.05, 0) is 37.8 Å². The normalized spacial score (nSPS) is 12.1. The van der Waals surface area contributed by atoms with E-state index >= 15 is 0 Å². The summed E-state index contributed by atoms with van der Waals surface area (Å²) in [5, 5.41) is 6.41. The number of carbonyl (C=O) groups excluding carboxylic acids is 1. The smallest absolute Gasteiger partial charge is 0.319 e. The highest BCUT2D eigenvalue weighted by atomic mass is 32.1. The van der Waals surface area contributed by atoms with Crippen molar-refractivity contribution in [3.05, 3.63) is 60.6 Å². The van der Waals surface area contributed by atoms with Gasteiger partial charge in [0.2, 0.25) is 0 Å². The number of hydrogen-bond acceptors (Lipinski definition) is 5. The molecule has 130 valence electrons. The molecule has 0 saturated carbocycles. The summed E-state index contributed by atoms with van der Waals surface area (Å²) in [7, 11) is 3.89. The van der Waals surface area contributed by atoms with Crippen LogP contribution >= 0.6 is 11.5 Å². The molecule has 0 radical (unpaired) electrons. The fourth-order valence-corrected chi connectivity index (χ4v) is 3.10. The van der Waals surface area contributed by atoms with E-state index in [2.05, 4.69) is 15.0 Å². The van der Waals surface area contributed by atoms with Crippen LogP contribution in [-0.4, -0.2) is 35.9 Å². The zero-order valence-electron chi connectivity index (χ0n) is 14.1. The van der Waals surface area contributed by atoms with E-state index in [4.69, 9.17) is 4.42 Å². The maximum atomic E-state index is 12.2. The molecule has 6 nitrogen and oxygen atoms in total. The predicted molar refractivity (Wildman–Crippen MR) is 99.7 cm³/mol. The molecule has 0 spiro atoms. The summed E-state index contributed by atoms with van der Waals surface area (Å²) in [6.07, 6.45) is 1.63. The fraction of sp³-hybridized carbons (Fsp3) is 0.222. The zero-order chi connectivity index (χ0) is 17.6. The number of rotatable bonds is 6. The van der Waals surface area contributed by atoms with Crippen LogP contribution in [0, 0.1) is 0 Å². The number of likely N-dealkylation sites (N-methyl/N-ethyl adjacent to an activating group) is 1. The molecule has 0 saturated heterocycles. The van der Waals surface area contributed by atoms with Gasteiger partial charge in [0, 0.05) is 18.2 Å². The molecule has 3 aromatic rings. The second-order valence-electron chi connectivity index (χ2n) is 5.77. The molecule has 0 aliphatic carbocycles. The van der Waals surface area contributed by atoms with Crippen molar-refractivity contribution in [2.75, 3.05) is 26.0 Å². The van der Waals surface area contributed by atoms with Crippen molar-refractivity contribution in [2.24, 2.45) is 0 Å². The van der Waals surface area contributed by atoms with Gasteiger partial charge < -0.3 is 9.73 Å². The number of anilines is 1. The van der Waals surface area contributed by atoms with Crippen molar-refractivity contribution in [1.29, 1.82) is 0 Å². The van der Waals surface area contributed by atoms with Crippen molar-refractivity contribution in [1.82, 2.24) is 14.6 Å². The van der Waals surface area contributed by atoms with Crippen LogP contribution in [0.25, 0.3) is 11.3 Å². The lowest BCUT2D eigenvalue weighted by Gasteiger charge is -2.22. The summed E-state index contributed by atoms with van der Waals surface area (Å²) >= 11 is 1.26. The van der Waals surface area contributed by atoms with Crippen molar-refractivity contribution >= 4 is 22.6 Å². The van der Waals surface area contributed by atoms with Gasteiger partial charge in [0.05, 0.1) is 18.0 Å². The SMILES string of the molecule is CN(C)[C@H](CNC(=O)Nc1cc(-c2ccccc2)ns1)c1ccco1. The van der Waals surface area contributed by atoms with Gasteiger partial charge in [-0.3, -0.25) is 10.2 Å². The van der Waals surface area contributed by atoms with E-state index in [1.807, 2.05) is 67.5 Å². The second-order valence-corrected chi connectivity index (χ2v) is 6.58. The molecule has 2 heterocycles. The van der Waals surface area contributed by atoms with Crippen LogP contribution in [-0.2, 0) is 0 Å². The molecule has 0 unspecified atom stereocenters. The van der Waals surface area contributed by atoms with Crippen LogP contribution in [0.3, 0.4) is 0 Å². The fourth-order valence-electron chi connectivity index (χ4n) is 2.44. The molecular weight excluding hydrogens is 336 g/mol. The van der Waals surface area contributed by atoms with Crippen molar-refractivity contribution in [3.8, 4) is 11.3 Å². The van der Waals surface area contributed by atoms with E-state index in [9.17, 15) is 4.79 Å². The molecule has 2 aromatic heterocycles. The van der Waals surface area contributed by atoms with Crippen LogP contribution in [0.5, 0.6) is 0 Å². The van der Waals surface area contributed by atoms with Crippen LogP contribution in [0.2, 0.25) is 0 Å². The minimum atomic E-state index is -0.262. The monoisotopic (exact) mass is 356 g/mol. The third-order valence-corrected chi connectivity index (χ3v) is 4.47. The number of furan rings is 1. The van der Waals surface area contributed by atoms with Gasteiger partial charge in [0.1, 0.15) is 10.8 Å². The number of carbonyl (C=O) groups is 1. The van der Waals surface area contributed by atoms with Crippen LogP contribution in [0.15, 0.2) is 59.2 Å². The van der Waals surface area contributed by atoms with Crippen molar-refractivity contribution in [3.63, 3.8) is 0 Å². The molecule has 2 amide bonds. The third-order valence-electron chi connectivity index (χ3n) is 3.77. The molecule has 1 atom stereocenters. The minimum Gasteiger partial charge on any atom is -0.468 e. The van der Waals surface area contributed by atoms with E-state index in [-0.39, 0.29) is 12.1 Å². The summed E-state index contributed by atoms with van der Waals surface area (Å²) in [4.78, 5) is 14.2. The van der Waals surface area contributed by atoms with Crippen molar-refractivity contribution < 1.29 is 9.21 Å². The van der Waals surface area contributed by atoms with E-state index in [1.165, 1.54) is 11.5 Å². The number of aromatic nitrogens is 1. The Kier molecular flexibility index (Phi) is 5.47. The molecule has 25 heavy (non-hydrogen) atoms. The molecule has 0 fully saturated rings. The molecule has 0 aliphatic heterocycles. The Hall–Kier alpha value is -2.64. The van der Waals surface area contributed by atoms with Gasteiger partial charge in [-0.2, -0.15) is 4.37 Å². The number of nitrogens with one attached hydrogen (secondary N) is 2. The maximum absolute atomic E-state index is 12.2. The van der Waals surface area contributed by atoms with Crippen LogP contribution in [0.1, 0.15) is 11.8 Å². The second kappa shape index (κ2) is 7.96. The first-order valence-electron chi connectivity index (χ1n) is 7.90. The largest absolute Gasteiger partial charge is 0.468 e. The van der Waals surface area contributed by atoms with Crippen molar-refractivity contribution in [2.45, 2.75) is 6.04 Å². The lowest BCUT2D eigenvalue weighted by Crippen LogP contribution is -2.36. The molecule has 0 bridgehead atoms. The van der Waals surface area contributed by atoms with Crippen LogP contribution in [0.4, 0.5) is 9.80 Å². The highest BCUT2D eigenvalue weighted by Gasteiger charge is 2.18. The molecule has 7 heteroatoms. The number of hydrogen-bond donors (Lipinski definition) is 2. The summed E-state index contributed by atoms with van der Waals surface area (Å²) in [5.41, 5.74) is 1.88. The topological polar surface area (TPSA) is 70.4 Å². The molecule has 1 aromatic carbocycles. The summed E-state index contributed by atoms with van der Waals surface area (Å²) in [5.74, 6) is 0.814. The highest BCUT2D eigenvalue weighted by Crippen LogP contribution is 2.25. The van der Waals surface area contributed by atoms with E-state index in [1.54, 1.807) is 6.26 Å². The predicted octanol–water partition coefficient (Wildman–Crippen LogP) is 3.83. The van der Waals surface area contributed by atoms with Gasteiger partial charge in [0.25, 0.3) is 0 Å². The minimum absolute atomic E-state index is 0.0258. The first-order chi connectivity index (χ1) is 12.1. The van der Waals surface area contributed by atoms with Gasteiger partial charge in [0.15, 0.2) is 0 Å². The molecule has 0 aliphatic rings. The average Bonchev–Trinajstić information content (AvgIpc) is 3.28. The standard InChI is InChI=1S/C18H20N4O2S/c1-22(2)15(16-9-6-10-24-16)12-19-18(23)20-17-11-14(21-25-17)13-7-4-3-5-8-13/h3-11,15H,12H2,1-2H3,(H2,19,20,23)/t15-/m1/s1. The first-order valence-corrected chi connectivity index (χ1v) is 8.67. The average molecular weight is 356 g/mol. The lowest BCUT2D eigenvalue weighted by molar-refractivity contribution is 0.233. The molecular formula is C18H20N4O2S. The Labute approximate surface area is 150 Å². The Bertz CT molecular complexity index is 800. The summed E-state index contributed by atoms with van der Waals surface area (Å²) in [6, 6.07) is 15.2. The first kappa shape index (κ1) is 17.2. The third kappa shape index (κ3) is 4.46. The number of nitrogens with zero attached hydrogens (tertiary/aromatic N) is 2. The Morgan fingerprint density at radius 3 is 2.72 bits per heavy atom. The van der Waals surface area contributed by atoms with E-state index in [0.29, 0.717) is 11.5 Å². The van der Waals surface area contributed by atoms with E-state index < -0.39 is 0 Å². The highest BCUT2D eigenvalue weighted by molar-refractivity contribution is 7.10. The van der Waals surface area contributed by atoms with E-state index in [0.717, 1.165) is 17.0 Å². The zero-order valence-corrected chi connectivity index (χ0v) is 14.9. The Balaban J connectivity index is 1.57. The lowest BCUT2D eigenvalue weighted by atomic mass is 10.2. The number of urea groups is 1. The molecule has 2 N–H and O–H groups in total. The van der Waals surface area contributed by atoms with Gasteiger partial charge in [-0.1, -0.05) is 30.3 Å². The van der Waals surface area contributed by atoms with Gasteiger partial charge in [-0.25, -0.2) is 4.79 Å².